The van der Waals surface area contributed by atoms with Gasteiger partial charge >= 0.3 is 0 Å². The smallest absolute Gasteiger partial charge is 0.269 e. The van der Waals surface area contributed by atoms with Gasteiger partial charge in [-0.05, 0) is 59.3 Å². The predicted octanol–water partition coefficient (Wildman–Crippen LogP) is 3.25. The number of tetrazole rings is 1. The van der Waals surface area contributed by atoms with Crippen LogP contribution in [-0.4, -0.2) is 36.6 Å². The molecule has 9 nitrogen and oxygen atoms in total. The second-order valence-corrected chi connectivity index (χ2v) is 7.75. The van der Waals surface area contributed by atoms with E-state index in [0.717, 1.165) is 16.8 Å². The first-order chi connectivity index (χ1) is 17.2. The van der Waals surface area contributed by atoms with E-state index in [9.17, 15) is 9.59 Å². The Hall–Kier alpha value is -5.05. The standard InChI is InChI=1S/C26H21N7O2/c34-25(28-29-26(35)22-12-14-23(15-13-22)32-16-4-5-17-32)21-10-8-19(9-11-21)18-33-30-24(27-31-33)20-6-2-1-3-7-20/h1-17H,18H2,(H,28,34)(H,29,35). The minimum absolute atomic E-state index is 0.402. The second kappa shape index (κ2) is 9.84. The van der Waals surface area contributed by atoms with Gasteiger partial charge in [0.2, 0.25) is 5.82 Å². The third-order valence-electron chi connectivity index (χ3n) is 5.35. The van der Waals surface area contributed by atoms with Crippen LogP contribution in [-0.2, 0) is 6.54 Å². The van der Waals surface area contributed by atoms with E-state index in [-0.39, 0.29) is 0 Å². The van der Waals surface area contributed by atoms with E-state index in [4.69, 9.17) is 0 Å². The average molecular weight is 464 g/mol. The van der Waals surface area contributed by atoms with Gasteiger partial charge in [-0.25, -0.2) is 0 Å². The van der Waals surface area contributed by atoms with Crippen molar-refractivity contribution in [3.63, 3.8) is 0 Å². The van der Waals surface area contributed by atoms with Crippen LogP contribution in [0.3, 0.4) is 0 Å². The minimum atomic E-state index is -0.417. The van der Waals surface area contributed by atoms with Crippen LogP contribution in [0, 0.1) is 0 Å². The maximum absolute atomic E-state index is 12.5. The fourth-order valence-electron chi connectivity index (χ4n) is 3.49. The highest BCUT2D eigenvalue weighted by molar-refractivity contribution is 5.99. The maximum atomic E-state index is 12.5. The molecule has 0 radical (unpaired) electrons. The number of hydrogen-bond donors (Lipinski definition) is 2. The number of aromatic nitrogens is 5. The van der Waals surface area contributed by atoms with Crippen LogP contribution in [0.5, 0.6) is 0 Å². The first-order valence-corrected chi connectivity index (χ1v) is 10.9. The number of hydrogen-bond acceptors (Lipinski definition) is 5. The van der Waals surface area contributed by atoms with Crippen LogP contribution in [0.1, 0.15) is 26.3 Å². The number of carbonyl (C=O) groups excluding carboxylic acids is 2. The van der Waals surface area contributed by atoms with Crippen molar-refractivity contribution in [2.45, 2.75) is 6.54 Å². The van der Waals surface area contributed by atoms with Gasteiger partial charge in [0.15, 0.2) is 0 Å². The molecule has 35 heavy (non-hydrogen) atoms. The van der Waals surface area contributed by atoms with Gasteiger partial charge in [0, 0.05) is 34.8 Å². The molecule has 0 aliphatic heterocycles. The van der Waals surface area contributed by atoms with Crippen LogP contribution in [0.4, 0.5) is 0 Å². The topological polar surface area (TPSA) is 107 Å². The summed E-state index contributed by atoms with van der Waals surface area (Å²) in [6, 6.07) is 27.5. The molecule has 2 heterocycles. The van der Waals surface area contributed by atoms with E-state index in [1.54, 1.807) is 24.3 Å². The van der Waals surface area contributed by atoms with E-state index < -0.39 is 11.8 Å². The minimum Gasteiger partial charge on any atom is -0.324 e. The van der Waals surface area contributed by atoms with E-state index in [2.05, 4.69) is 26.3 Å². The van der Waals surface area contributed by atoms with Gasteiger partial charge in [-0.3, -0.25) is 20.4 Å². The first-order valence-electron chi connectivity index (χ1n) is 10.9. The summed E-state index contributed by atoms with van der Waals surface area (Å²) in [6.07, 6.45) is 3.84. The van der Waals surface area contributed by atoms with Crippen molar-refractivity contribution in [1.29, 1.82) is 0 Å². The molecule has 0 saturated carbocycles. The lowest BCUT2D eigenvalue weighted by atomic mass is 10.1. The summed E-state index contributed by atoms with van der Waals surface area (Å²) in [7, 11) is 0. The maximum Gasteiger partial charge on any atom is 0.269 e. The Morgan fingerprint density at radius 3 is 1.94 bits per heavy atom. The van der Waals surface area contributed by atoms with E-state index in [1.807, 2.05) is 83.7 Å². The molecule has 3 aromatic carbocycles. The highest BCUT2D eigenvalue weighted by atomic mass is 16.2. The summed E-state index contributed by atoms with van der Waals surface area (Å²) in [5.41, 5.74) is 8.48. The molecule has 2 N–H and O–H groups in total. The number of carbonyl (C=O) groups is 2. The SMILES string of the molecule is O=C(NNC(=O)c1ccc(-n2cccc2)cc1)c1ccc(Cn2nnc(-c3ccccc3)n2)cc1. The summed E-state index contributed by atoms with van der Waals surface area (Å²) in [5, 5.41) is 12.6. The predicted molar refractivity (Wildman–Crippen MR) is 129 cm³/mol. The Morgan fingerprint density at radius 2 is 1.31 bits per heavy atom. The Morgan fingerprint density at radius 1 is 0.714 bits per heavy atom. The Labute approximate surface area is 201 Å². The van der Waals surface area contributed by atoms with Crippen molar-refractivity contribution in [1.82, 2.24) is 35.6 Å². The molecule has 0 fully saturated rings. The molecule has 0 aliphatic rings. The number of benzene rings is 3. The van der Waals surface area contributed by atoms with Crippen molar-refractivity contribution in [2.24, 2.45) is 0 Å². The zero-order chi connectivity index (χ0) is 24.0. The van der Waals surface area contributed by atoms with E-state index >= 15 is 0 Å². The quantitative estimate of drug-likeness (QED) is 0.376. The average Bonchev–Trinajstić information content (AvgIpc) is 3.61. The second-order valence-electron chi connectivity index (χ2n) is 7.75. The highest BCUT2D eigenvalue weighted by Crippen LogP contribution is 2.13. The summed E-state index contributed by atoms with van der Waals surface area (Å²) < 4.78 is 1.94. The molecular formula is C26H21N7O2. The van der Waals surface area contributed by atoms with Gasteiger partial charge in [0.25, 0.3) is 11.8 Å². The fourth-order valence-corrected chi connectivity index (χ4v) is 3.49. The van der Waals surface area contributed by atoms with Crippen LogP contribution in [0.15, 0.2) is 103 Å². The van der Waals surface area contributed by atoms with Gasteiger partial charge in [0.05, 0.1) is 6.54 Å². The van der Waals surface area contributed by atoms with Crippen LogP contribution < -0.4 is 10.9 Å². The molecule has 0 bridgehead atoms. The van der Waals surface area contributed by atoms with Gasteiger partial charge in [-0.15, -0.1) is 10.2 Å². The molecule has 2 aromatic heterocycles. The summed E-state index contributed by atoms with van der Waals surface area (Å²) >= 11 is 0. The number of nitrogens with one attached hydrogen (secondary N) is 2. The van der Waals surface area contributed by atoms with Crippen molar-refractivity contribution >= 4 is 11.8 Å². The zero-order valence-corrected chi connectivity index (χ0v) is 18.6. The Kier molecular flexibility index (Phi) is 6.12. The first kappa shape index (κ1) is 21.8. The largest absolute Gasteiger partial charge is 0.324 e. The van der Waals surface area contributed by atoms with Crippen molar-refractivity contribution in [3.05, 3.63) is 120 Å². The van der Waals surface area contributed by atoms with Crippen molar-refractivity contribution in [2.75, 3.05) is 0 Å². The van der Waals surface area contributed by atoms with Gasteiger partial charge in [0.1, 0.15) is 0 Å². The van der Waals surface area contributed by atoms with E-state index in [0.29, 0.717) is 23.5 Å². The van der Waals surface area contributed by atoms with Crippen LogP contribution >= 0.6 is 0 Å². The van der Waals surface area contributed by atoms with Gasteiger partial charge in [-0.1, -0.05) is 42.5 Å². The Balaban J connectivity index is 1.15. The molecule has 9 heteroatoms. The van der Waals surface area contributed by atoms with Gasteiger partial charge in [-0.2, -0.15) is 4.80 Å². The highest BCUT2D eigenvalue weighted by Gasteiger charge is 2.10. The zero-order valence-electron chi connectivity index (χ0n) is 18.6. The molecular weight excluding hydrogens is 442 g/mol. The molecule has 5 rings (SSSR count). The summed E-state index contributed by atoms with van der Waals surface area (Å²) in [5.74, 6) is -0.267. The van der Waals surface area contributed by atoms with Crippen molar-refractivity contribution in [3.8, 4) is 17.1 Å². The Bertz CT molecular complexity index is 1430. The molecule has 172 valence electrons. The molecule has 2 amide bonds. The third kappa shape index (κ3) is 5.14. The lowest BCUT2D eigenvalue weighted by molar-refractivity contribution is 0.0846. The third-order valence-corrected chi connectivity index (χ3v) is 5.35. The van der Waals surface area contributed by atoms with Gasteiger partial charge < -0.3 is 4.57 Å². The lowest BCUT2D eigenvalue weighted by Crippen LogP contribution is -2.41. The van der Waals surface area contributed by atoms with Crippen LogP contribution in [0.2, 0.25) is 0 Å². The number of amides is 2. The van der Waals surface area contributed by atoms with E-state index in [1.165, 1.54) is 4.80 Å². The monoisotopic (exact) mass is 463 g/mol. The molecule has 0 unspecified atom stereocenters. The molecule has 5 aromatic rings. The molecule has 0 atom stereocenters. The normalized spacial score (nSPS) is 10.6. The number of nitrogens with zero attached hydrogens (tertiary/aromatic N) is 5. The molecule has 0 spiro atoms. The summed E-state index contributed by atoms with van der Waals surface area (Å²) in [4.78, 5) is 26.3. The number of rotatable bonds is 6. The lowest BCUT2D eigenvalue weighted by Gasteiger charge is -2.09. The number of hydrazine groups is 1. The fraction of sp³-hybridized carbons (Fsp3) is 0.0385. The summed E-state index contributed by atoms with van der Waals surface area (Å²) in [6.45, 7) is 0.414. The van der Waals surface area contributed by atoms with Crippen LogP contribution in [0.25, 0.3) is 17.1 Å². The molecule has 0 saturated heterocycles. The van der Waals surface area contributed by atoms with Crippen molar-refractivity contribution < 1.29 is 9.59 Å². The molecule has 0 aliphatic carbocycles.